The van der Waals surface area contributed by atoms with Crippen molar-refractivity contribution < 1.29 is 9.59 Å². The van der Waals surface area contributed by atoms with E-state index in [-0.39, 0.29) is 24.0 Å². The van der Waals surface area contributed by atoms with Crippen molar-refractivity contribution in [3.05, 3.63) is 17.6 Å². The van der Waals surface area contributed by atoms with E-state index in [2.05, 4.69) is 14.9 Å². The highest BCUT2D eigenvalue weighted by molar-refractivity contribution is 6.04. The summed E-state index contributed by atoms with van der Waals surface area (Å²) in [6.45, 7) is 6.21. The van der Waals surface area contributed by atoms with Crippen LogP contribution in [-0.4, -0.2) is 63.4 Å². The molecule has 0 bridgehead atoms. The van der Waals surface area contributed by atoms with Gasteiger partial charge in [0, 0.05) is 37.4 Å². The van der Waals surface area contributed by atoms with E-state index in [0.717, 1.165) is 62.7 Å². The number of rotatable bonds is 2. The zero-order valence-electron chi connectivity index (χ0n) is 14.2. The summed E-state index contributed by atoms with van der Waals surface area (Å²) >= 11 is 0. The molecule has 24 heavy (non-hydrogen) atoms. The minimum absolute atomic E-state index is 0.0182. The maximum atomic E-state index is 12.6. The third-order valence-corrected chi connectivity index (χ3v) is 5.33. The molecule has 0 aliphatic carbocycles. The Morgan fingerprint density at radius 1 is 1.04 bits per heavy atom. The fourth-order valence-corrected chi connectivity index (χ4v) is 4.19. The van der Waals surface area contributed by atoms with E-state index in [0.29, 0.717) is 0 Å². The molecule has 0 unspecified atom stereocenters. The van der Waals surface area contributed by atoms with Gasteiger partial charge in [-0.25, -0.2) is 14.8 Å². The van der Waals surface area contributed by atoms with Crippen LogP contribution in [0.3, 0.4) is 0 Å². The number of hydrogen-bond donors (Lipinski definition) is 0. The van der Waals surface area contributed by atoms with Gasteiger partial charge in [-0.15, -0.1) is 0 Å². The Balaban J connectivity index is 1.45. The van der Waals surface area contributed by atoms with Crippen molar-refractivity contribution in [1.29, 1.82) is 0 Å². The van der Waals surface area contributed by atoms with Crippen molar-refractivity contribution in [1.82, 2.24) is 19.8 Å². The highest BCUT2D eigenvalue weighted by Crippen LogP contribution is 2.32. The summed E-state index contributed by atoms with van der Waals surface area (Å²) in [4.78, 5) is 39.5. The van der Waals surface area contributed by atoms with Gasteiger partial charge in [0.15, 0.2) is 0 Å². The monoisotopic (exact) mass is 329 g/mol. The van der Waals surface area contributed by atoms with Gasteiger partial charge in [-0.2, -0.15) is 0 Å². The minimum atomic E-state index is -0.192. The highest BCUT2D eigenvalue weighted by Gasteiger charge is 2.50. The summed E-state index contributed by atoms with van der Waals surface area (Å²) in [5.74, 6) is 1.74. The Bertz CT molecular complexity index is 641. The number of urea groups is 1. The molecule has 0 saturated carbocycles. The van der Waals surface area contributed by atoms with Gasteiger partial charge >= 0.3 is 6.03 Å². The Morgan fingerprint density at radius 2 is 1.79 bits per heavy atom. The van der Waals surface area contributed by atoms with E-state index in [9.17, 15) is 9.59 Å². The minimum Gasteiger partial charge on any atom is -0.356 e. The maximum absolute atomic E-state index is 12.6. The molecular weight excluding hydrogens is 306 g/mol. The number of carbonyl (C=O) groups is 2. The zero-order valence-corrected chi connectivity index (χ0v) is 14.2. The number of aromatic nitrogens is 2. The fraction of sp³-hybridized carbons (Fsp3) is 0.647. The van der Waals surface area contributed by atoms with Gasteiger partial charge in [0.1, 0.15) is 17.7 Å². The molecule has 0 aromatic carbocycles. The second-order valence-electron chi connectivity index (χ2n) is 6.98. The number of imide groups is 1. The van der Waals surface area contributed by atoms with E-state index >= 15 is 0 Å². The van der Waals surface area contributed by atoms with E-state index in [1.54, 1.807) is 4.90 Å². The summed E-state index contributed by atoms with van der Waals surface area (Å²) in [7, 11) is 0. The molecule has 4 heterocycles. The summed E-state index contributed by atoms with van der Waals surface area (Å²) in [6.07, 6.45) is 3.38. The van der Waals surface area contributed by atoms with Gasteiger partial charge in [-0.05, 0) is 39.5 Å². The van der Waals surface area contributed by atoms with E-state index in [4.69, 9.17) is 0 Å². The summed E-state index contributed by atoms with van der Waals surface area (Å²) in [6, 6.07) is 1.75. The first kappa shape index (κ1) is 15.4. The Hall–Kier alpha value is -2.18. The molecule has 1 aromatic rings. The molecule has 0 spiro atoms. The number of anilines is 1. The standard InChI is InChI=1S/C17H23N5O2/c1-11-10-15(19-12(2)18-11)20-8-5-13(6-9-20)22-16(23)14-4-3-7-21(14)17(22)24/h10,13-14H,3-9H2,1-2H3/t14-/m1/s1. The predicted molar refractivity (Wildman–Crippen MR) is 88.7 cm³/mol. The predicted octanol–water partition coefficient (Wildman–Crippen LogP) is 1.49. The van der Waals surface area contributed by atoms with Gasteiger partial charge in [0.05, 0.1) is 0 Å². The molecule has 7 nitrogen and oxygen atoms in total. The number of amides is 3. The van der Waals surface area contributed by atoms with Crippen molar-refractivity contribution in [2.24, 2.45) is 0 Å². The van der Waals surface area contributed by atoms with Crippen LogP contribution in [-0.2, 0) is 4.79 Å². The van der Waals surface area contributed by atoms with Crippen molar-refractivity contribution in [2.75, 3.05) is 24.5 Å². The van der Waals surface area contributed by atoms with E-state index in [1.165, 1.54) is 4.90 Å². The Kier molecular flexibility index (Phi) is 3.66. The summed E-state index contributed by atoms with van der Waals surface area (Å²) < 4.78 is 0. The molecule has 3 amide bonds. The third kappa shape index (κ3) is 2.42. The molecule has 3 fully saturated rings. The summed E-state index contributed by atoms with van der Waals surface area (Å²) in [5.41, 5.74) is 0.963. The average molecular weight is 329 g/mol. The van der Waals surface area contributed by atoms with Gasteiger partial charge in [0.25, 0.3) is 5.91 Å². The molecular formula is C17H23N5O2. The van der Waals surface area contributed by atoms with Crippen LogP contribution in [0.1, 0.15) is 37.2 Å². The van der Waals surface area contributed by atoms with Crippen molar-refractivity contribution in [2.45, 2.75) is 51.6 Å². The third-order valence-electron chi connectivity index (χ3n) is 5.33. The van der Waals surface area contributed by atoms with Crippen LogP contribution in [0.15, 0.2) is 6.07 Å². The highest BCUT2D eigenvalue weighted by atomic mass is 16.2. The first-order chi connectivity index (χ1) is 11.5. The normalized spacial score (nSPS) is 24.9. The largest absolute Gasteiger partial charge is 0.356 e. The fourth-order valence-electron chi connectivity index (χ4n) is 4.19. The van der Waals surface area contributed by atoms with E-state index in [1.807, 2.05) is 19.9 Å². The number of fused-ring (bicyclic) bond motifs is 1. The topological polar surface area (TPSA) is 69.6 Å². The number of hydrogen-bond acceptors (Lipinski definition) is 5. The lowest BCUT2D eigenvalue weighted by Gasteiger charge is -2.36. The van der Waals surface area contributed by atoms with Crippen molar-refractivity contribution in [3.63, 3.8) is 0 Å². The molecule has 1 atom stereocenters. The lowest BCUT2D eigenvalue weighted by Crippen LogP contribution is -2.48. The molecule has 3 saturated heterocycles. The molecule has 128 valence electrons. The van der Waals surface area contributed by atoms with Crippen LogP contribution in [0.2, 0.25) is 0 Å². The molecule has 3 aliphatic heterocycles. The van der Waals surface area contributed by atoms with Crippen LogP contribution in [0.4, 0.5) is 10.6 Å². The Morgan fingerprint density at radius 3 is 2.46 bits per heavy atom. The first-order valence-corrected chi connectivity index (χ1v) is 8.75. The number of carbonyl (C=O) groups excluding carboxylic acids is 2. The van der Waals surface area contributed by atoms with Gasteiger partial charge in [0.2, 0.25) is 0 Å². The van der Waals surface area contributed by atoms with Crippen molar-refractivity contribution in [3.8, 4) is 0 Å². The van der Waals surface area contributed by atoms with Gasteiger partial charge in [-0.1, -0.05) is 0 Å². The van der Waals surface area contributed by atoms with Crippen molar-refractivity contribution >= 4 is 17.8 Å². The van der Waals surface area contributed by atoms with Crippen LogP contribution < -0.4 is 4.90 Å². The number of aryl methyl sites for hydroxylation is 2. The van der Waals surface area contributed by atoms with Gasteiger partial charge in [-0.3, -0.25) is 9.69 Å². The summed E-state index contributed by atoms with van der Waals surface area (Å²) in [5, 5.41) is 0. The second kappa shape index (κ2) is 5.72. The molecule has 0 radical (unpaired) electrons. The second-order valence-corrected chi connectivity index (χ2v) is 6.98. The lowest BCUT2D eigenvalue weighted by atomic mass is 10.0. The molecule has 4 rings (SSSR count). The number of piperidine rings is 1. The molecule has 1 aromatic heterocycles. The lowest BCUT2D eigenvalue weighted by molar-refractivity contribution is -0.129. The zero-order chi connectivity index (χ0) is 16.8. The van der Waals surface area contributed by atoms with Crippen LogP contribution in [0.25, 0.3) is 0 Å². The first-order valence-electron chi connectivity index (χ1n) is 8.75. The molecule has 7 heteroatoms. The quantitative estimate of drug-likeness (QED) is 0.769. The smallest absolute Gasteiger partial charge is 0.327 e. The van der Waals surface area contributed by atoms with E-state index < -0.39 is 0 Å². The average Bonchev–Trinajstić information content (AvgIpc) is 3.11. The number of nitrogens with zero attached hydrogens (tertiary/aromatic N) is 5. The Labute approximate surface area is 141 Å². The molecule has 0 N–H and O–H groups in total. The van der Waals surface area contributed by atoms with Crippen LogP contribution in [0, 0.1) is 13.8 Å². The maximum Gasteiger partial charge on any atom is 0.327 e. The van der Waals surface area contributed by atoms with Crippen LogP contribution >= 0.6 is 0 Å². The molecule has 3 aliphatic rings. The SMILES string of the molecule is Cc1cc(N2CCC(N3C(=O)[C@H]4CCCN4C3=O)CC2)nc(C)n1. The van der Waals surface area contributed by atoms with Crippen LogP contribution in [0.5, 0.6) is 0 Å². The van der Waals surface area contributed by atoms with Gasteiger partial charge < -0.3 is 9.80 Å².